The van der Waals surface area contributed by atoms with Crippen LogP contribution < -0.4 is 4.74 Å². The molecule has 1 heterocycles. The Hall–Kier alpha value is -3.32. The van der Waals surface area contributed by atoms with Gasteiger partial charge in [-0.25, -0.2) is 8.78 Å². The topological polar surface area (TPSA) is 68.7 Å². The second-order valence-electron chi connectivity index (χ2n) is 12.0. The average molecular weight is 536 g/mol. The molecule has 2 aromatic carbocycles. The number of methoxy groups -OCH3 is 1. The van der Waals surface area contributed by atoms with Crippen LogP contribution in [-0.4, -0.2) is 23.2 Å². The first kappa shape index (κ1) is 27.3. The Morgan fingerprint density at radius 3 is 2.62 bits per heavy atom. The van der Waals surface area contributed by atoms with Gasteiger partial charge in [-0.3, -0.25) is 9.78 Å². The maximum Gasteiger partial charge on any atom is 0.307 e. The number of carboxylic acid groups (broad SMARTS) is 1. The van der Waals surface area contributed by atoms with E-state index in [2.05, 4.69) is 25.8 Å². The molecule has 0 bridgehead atoms. The predicted molar refractivity (Wildman–Crippen MR) is 145 cm³/mol. The van der Waals surface area contributed by atoms with Gasteiger partial charge < -0.3 is 14.6 Å². The number of benzene rings is 2. The van der Waals surface area contributed by atoms with E-state index in [1.54, 1.807) is 19.2 Å². The van der Waals surface area contributed by atoms with E-state index in [1.807, 2.05) is 31.2 Å². The van der Waals surface area contributed by atoms with Gasteiger partial charge in [-0.05, 0) is 78.5 Å². The lowest BCUT2D eigenvalue weighted by Crippen LogP contribution is -2.23. The van der Waals surface area contributed by atoms with Crippen molar-refractivity contribution in [1.29, 1.82) is 0 Å². The Balaban J connectivity index is 1.49. The quantitative estimate of drug-likeness (QED) is 0.343. The minimum atomic E-state index is -0.867. The molecule has 206 valence electrons. The molecule has 5 rings (SSSR count). The normalized spacial score (nSPS) is 20.9. The van der Waals surface area contributed by atoms with Crippen LogP contribution in [0.15, 0.2) is 42.6 Å². The van der Waals surface area contributed by atoms with Crippen molar-refractivity contribution in [2.75, 3.05) is 7.11 Å². The van der Waals surface area contributed by atoms with Crippen molar-refractivity contribution in [3.05, 3.63) is 82.2 Å². The summed E-state index contributed by atoms with van der Waals surface area (Å²) < 4.78 is 42.6. The van der Waals surface area contributed by atoms with Gasteiger partial charge in [0.2, 0.25) is 0 Å². The third-order valence-electron chi connectivity index (χ3n) is 8.23. The number of pyridine rings is 1. The fourth-order valence-electron chi connectivity index (χ4n) is 6.38. The van der Waals surface area contributed by atoms with E-state index in [1.165, 1.54) is 6.20 Å². The van der Waals surface area contributed by atoms with E-state index in [-0.39, 0.29) is 23.9 Å². The van der Waals surface area contributed by atoms with Gasteiger partial charge in [0.15, 0.2) is 11.6 Å². The Morgan fingerprint density at radius 2 is 1.95 bits per heavy atom. The molecule has 0 unspecified atom stereocenters. The van der Waals surface area contributed by atoms with E-state index in [4.69, 9.17) is 9.47 Å². The summed E-state index contributed by atoms with van der Waals surface area (Å²) in [6.45, 7) is 8.09. The largest absolute Gasteiger partial charge is 0.486 e. The van der Waals surface area contributed by atoms with Gasteiger partial charge in [-0.2, -0.15) is 0 Å². The molecule has 3 atom stereocenters. The molecule has 0 aliphatic heterocycles. The smallest absolute Gasteiger partial charge is 0.307 e. The van der Waals surface area contributed by atoms with Crippen LogP contribution in [0.5, 0.6) is 5.75 Å². The van der Waals surface area contributed by atoms with Crippen LogP contribution in [0.3, 0.4) is 0 Å². The zero-order chi connectivity index (χ0) is 28.1. The lowest BCUT2D eigenvalue weighted by Gasteiger charge is -2.32. The van der Waals surface area contributed by atoms with E-state index in [0.29, 0.717) is 35.2 Å². The average Bonchev–Trinajstić information content (AvgIpc) is 3.59. The fraction of sp³-hybridized carbons (Fsp3) is 0.438. The zero-order valence-corrected chi connectivity index (χ0v) is 23.1. The molecule has 0 saturated heterocycles. The summed E-state index contributed by atoms with van der Waals surface area (Å²) in [6.07, 6.45) is 3.63. The molecule has 1 saturated carbocycles. The molecule has 39 heavy (non-hydrogen) atoms. The van der Waals surface area contributed by atoms with Gasteiger partial charge in [0.05, 0.1) is 18.2 Å². The second kappa shape index (κ2) is 10.0. The monoisotopic (exact) mass is 535 g/mol. The predicted octanol–water partition coefficient (Wildman–Crippen LogP) is 7.33. The SMILES string of the molecule is CO[C@@H](c1cc(COc2ccc3c(c2F)[C@]2(CCC3)C[C@H]2C(=O)O)ccc1-c1cc(C)ncc1F)C(C)(C)C. The number of carbonyl (C=O) groups is 1. The number of aryl methyl sites for hydroxylation is 2. The maximum atomic E-state index is 15.8. The number of halogens is 2. The Morgan fingerprint density at radius 1 is 1.18 bits per heavy atom. The molecule has 2 aliphatic carbocycles. The number of nitrogens with zero attached hydrogens (tertiary/aromatic N) is 1. The fourth-order valence-corrected chi connectivity index (χ4v) is 6.38. The van der Waals surface area contributed by atoms with Crippen molar-refractivity contribution in [3.63, 3.8) is 0 Å². The molecule has 0 amide bonds. The van der Waals surface area contributed by atoms with Crippen LogP contribution in [-0.2, 0) is 28.0 Å². The summed E-state index contributed by atoms with van der Waals surface area (Å²) in [7, 11) is 1.64. The van der Waals surface area contributed by atoms with Gasteiger partial charge in [-0.15, -0.1) is 0 Å². The molecular weight excluding hydrogens is 500 g/mol. The highest BCUT2D eigenvalue weighted by Gasteiger charge is 2.62. The van der Waals surface area contributed by atoms with Crippen molar-refractivity contribution in [3.8, 4) is 16.9 Å². The van der Waals surface area contributed by atoms with E-state index in [0.717, 1.165) is 29.5 Å². The van der Waals surface area contributed by atoms with Gasteiger partial charge in [0, 0.05) is 29.3 Å². The Labute approximate surface area is 228 Å². The molecule has 1 N–H and O–H groups in total. The summed E-state index contributed by atoms with van der Waals surface area (Å²) >= 11 is 0. The molecule has 1 fully saturated rings. The molecular formula is C32H35F2NO4. The Kier molecular flexibility index (Phi) is 7.00. The number of ether oxygens (including phenoxy) is 2. The highest BCUT2D eigenvalue weighted by Crippen LogP contribution is 2.61. The molecule has 5 nitrogen and oxygen atoms in total. The van der Waals surface area contributed by atoms with Gasteiger partial charge in [0.25, 0.3) is 0 Å². The summed E-state index contributed by atoms with van der Waals surface area (Å²) in [5, 5.41) is 9.60. The van der Waals surface area contributed by atoms with Gasteiger partial charge in [0.1, 0.15) is 12.4 Å². The maximum absolute atomic E-state index is 15.8. The van der Waals surface area contributed by atoms with Crippen LogP contribution >= 0.6 is 0 Å². The first-order valence-electron chi connectivity index (χ1n) is 13.4. The number of hydrogen-bond donors (Lipinski definition) is 1. The van der Waals surface area contributed by atoms with Crippen molar-refractivity contribution < 1.29 is 28.2 Å². The van der Waals surface area contributed by atoms with E-state index >= 15 is 4.39 Å². The van der Waals surface area contributed by atoms with Crippen LogP contribution in [0, 0.1) is 29.9 Å². The van der Waals surface area contributed by atoms with E-state index in [9.17, 15) is 14.3 Å². The number of fused-ring (bicyclic) bond motifs is 2. The van der Waals surface area contributed by atoms with Crippen molar-refractivity contribution in [2.24, 2.45) is 11.3 Å². The lowest BCUT2D eigenvalue weighted by atomic mass is 9.78. The number of rotatable bonds is 7. The van der Waals surface area contributed by atoms with Crippen LogP contribution in [0.4, 0.5) is 8.78 Å². The highest BCUT2D eigenvalue weighted by molar-refractivity contribution is 5.78. The third kappa shape index (κ3) is 4.93. The highest BCUT2D eigenvalue weighted by atomic mass is 19.1. The van der Waals surface area contributed by atoms with Gasteiger partial charge >= 0.3 is 5.97 Å². The summed E-state index contributed by atoms with van der Waals surface area (Å²) in [5.41, 5.74) is 3.94. The summed E-state index contributed by atoms with van der Waals surface area (Å²) in [4.78, 5) is 15.8. The molecule has 7 heteroatoms. The molecule has 2 aliphatic rings. The summed E-state index contributed by atoms with van der Waals surface area (Å²) in [5.74, 6) is -2.16. The first-order chi connectivity index (χ1) is 18.5. The summed E-state index contributed by atoms with van der Waals surface area (Å²) in [6, 6.07) is 10.9. The number of aliphatic carboxylic acids is 1. The van der Waals surface area contributed by atoms with E-state index < -0.39 is 28.9 Å². The molecule has 1 spiro atoms. The minimum absolute atomic E-state index is 0.0940. The lowest BCUT2D eigenvalue weighted by molar-refractivity contribution is -0.139. The Bertz CT molecular complexity index is 1430. The second-order valence-corrected chi connectivity index (χ2v) is 12.0. The van der Waals surface area contributed by atoms with Crippen molar-refractivity contribution in [2.45, 2.75) is 71.5 Å². The number of aromatic nitrogens is 1. The molecule has 1 aromatic heterocycles. The first-order valence-corrected chi connectivity index (χ1v) is 13.4. The third-order valence-corrected chi connectivity index (χ3v) is 8.23. The molecule has 0 radical (unpaired) electrons. The molecule has 3 aromatic rings. The van der Waals surface area contributed by atoms with Crippen LogP contribution in [0.1, 0.15) is 74.1 Å². The zero-order valence-electron chi connectivity index (χ0n) is 23.1. The van der Waals surface area contributed by atoms with Gasteiger partial charge in [-0.1, -0.05) is 39.0 Å². The van der Waals surface area contributed by atoms with Crippen molar-refractivity contribution in [1.82, 2.24) is 4.98 Å². The standard InChI is InChI=1S/C32H35F2NO4/c1-18-13-22(25(33)16-35-18)21-10-8-19(14-23(21)29(38-5)31(2,3)4)17-39-26-11-9-20-7-6-12-32(27(20)28(26)34)15-24(32)30(36)37/h8-11,13-14,16,24,29H,6-7,12,15,17H2,1-5H3,(H,36,37)/t24-,29-,32+/m0/s1. The minimum Gasteiger partial charge on any atom is -0.486 e. The van der Waals surface area contributed by atoms with Crippen LogP contribution in [0.25, 0.3) is 11.1 Å². The van der Waals surface area contributed by atoms with Crippen LogP contribution in [0.2, 0.25) is 0 Å². The van der Waals surface area contributed by atoms with Crippen molar-refractivity contribution >= 4 is 5.97 Å². The number of hydrogen-bond acceptors (Lipinski definition) is 4. The number of carboxylic acids is 1.